The summed E-state index contributed by atoms with van der Waals surface area (Å²) >= 11 is 6.13. The van der Waals surface area contributed by atoms with Crippen LogP contribution in [0.3, 0.4) is 0 Å². The topological polar surface area (TPSA) is 109 Å². The number of nitriles is 1. The second-order valence-corrected chi connectivity index (χ2v) is 6.86. The molecule has 25 heavy (non-hydrogen) atoms. The number of carboxylic acids is 1. The van der Waals surface area contributed by atoms with Gasteiger partial charge in [-0.25, -0.2) is 4.79 Å². The minimum atomic E-state index is -1.21. The van der Waals surface area contributed by atoms with Gasteiger partial charge in [0.05, 0.1) is 22.1 Å². The summed E-state index contributed by atoms with van der Waals surface area (Å²) in [5.41, 5.74) is -0.587. The lowest BCUT2D eigenvalue weighted by molar-refractivity contribution is -0.117. The summed E-state index contributed by atoms with van der Waals surface area (Å²) in [7, 11) is 0. The molecule has 0 unspecified atom stereocenters. The number of carbonyl (C=O) groups excluding carboxylic acids is 2. The quantitative estimate of drug-likeness (QED) is 0.633. The Morgan fingerprint density at radius 2 is 2.00 bits per heavy atom. The van der Waals surface area contributed by atoms with E-state index in [1.165, 1.54) is 4.57 Å². The van der Waals surface area contributed by atoms with E-state index in [9.17, 15) is 24.8 Å². The number of nitrogens with zero attached hydrogens (tertiary/aromatic N) is 2. The van der Waals surface area contributed by atoms with Crippen LogP contribution in [0.4, 0.5) is 0 Å². The second kappa shape index (κ2) is 6.62. The Bertz CT molecular complexity index is 799. The molecule has 3 heterocycles. The van der Waals surface area contributed by atoms with E-state index in [-0.39, 0.29) is 22.7 Å². The molecule has 1 saturated heterocycles. The lowest BCUT2D eigenvalue weighted by Crippen LogP contribution is -2.33. The van der Waals surface area contributed by atoms with Crippen LogP contribution in [0.2, 0.25) is 5.02 Å². The number of halogens is 1. The maximum absolute atomic E-state index is 12.7. The van der Waals surface area contributed by atoms with Gasteiger partial charge in [0.2, 0.25) is 11.6 Å². The molecule has 1 aromatic heterocycles. The number of carbonyl (C=O) groups is 3. The highest BCUT2D eigenvalue weighted by Gasteiger charge is 2.39. The molecule has 1 N–H and O–H groups in total. The van der Waals surface area contributed by atoms with Crippen LogP contribution in [-0.2, 0) is 22.5 Å². The van der Waals surface area contributed by atoms with Crippen molar-refractivity contribution in [3.05, 3.63) is 22.0 Å². The fraction of sp³-hybridized carbons (Fsp3) is 0.529. The van der Waals surface area contributed by atoms with E-state index >= 15 is 0 Å². The summed E-state index contributed by atoms with van der Waals surface area (Å²) in [6.45, 7) is 1.20. The Labute approximate surface area is 149 Å². The van der Waals surface area contributed by atoms with Crippen molar-refractivity contribution in [3.8, 4) is 6.07 Å². The zero-order valence-corrected chi connectivity index (χ0v) is 14.3. The summed E-state index contributed by atoms with van der Waals surface area (Å²) in [5.74, 6) is -2.74. The number of hydrogen-bond acceptors (Lipinski definition) is 5. The Morgan fingerprint density at radius 3 is 2.60 bits per heavy atom. The SMILES string of the molecule is N#CC1(CC(=O)C(=O)c2c(Cl)c(C(=O)O)c3n2CCC3)CCOCC1. The smallest absolute Gasteiger partial charge is 0.339 e. The first kappa shape index (κ1) is 17.6. The minimum absolute atomic E-state index is 0.0586. The molecule has 132 valence electrons. The van der Waals surface area contributed by atoms with Crippen molar-refractivity contribution in [3.63, 3.8) is 0 Å². The molecular formula is C17H17ClN2O5. The number of ketones is 2. The van der Waals surface area contributed by atoms with Gasteiger partial charge >= 0.3 is 5.97 Å². The molecule has 3 rings (SSSR count). The second-order valence-electron chi connectivity index (χ2n) is 6.48. The third-order valence-corrected chi connectivity index (χ3v) is 5.34. The molecule has 0 aromatic carbocycles. The van der Waals surface area contributed by atoms with Gasteiger partial charge in [0.15, 0.2) is 0 Å². The molecule has 8 heteroatoms. The normalized spacial score (nSPS) is 18.4. The van der Waals surface area contributed by atoms with Gasteiger partial charge in [-0.2, -0.15) is 5.26 Å². The summed E-state index contributed by atoms with van der Waals surface area (Å²) in [6, 6.07) is 2.16. The zero-order chi connectivity index (χ0) is 18.2. The maximum atomic E-state index is 12.7. The third-order valence-electron chi connectivity index (χ3n) is 4.98. The average molecular weight is 365 g/mol. The first-order valence-corrected chi connectivity index (χ1v) is 8.49. The van der Waals surface area contributed by atoms with E-state index in [0.29, 0.717) is 51.1 Å². The molecular weight excluding hydrogens is 348 g/mol. The van der Waals surface area contributed by atoms with Crippen molar-refractivity contribution in [1.82, 2.24) is 4.57 Å². The van der Waals surface area contributed by atoms with E-state index in [2.05, 4.69) is 6.07 Å². The Balaban J connectivity index is 1.91. The highest BCUT2D eigenvalue weighted by atomic mass is 35.5. The van der Waals surface area contributed by atoms with Crippen LogP contribution < -0.4 is 0 Å². The number of Topliss-reactive ketones (excluding diaryl/α,β-unsaturated/α-hetero) is 2. The Morgan fingerprint density at radius 1 is 1.32 bits per heavy atom. The number of fused-ring (bicyclic) bond motifs is 1. The summed E-state index contributed by atoms with van der Waals surface area (Å²) in [4.78, 5) is 36.7. The van der Waals surface area contributed by atoms with E-state index < -0.39 is 23.0 Å². The molecule has 2 aliphatic rings. The number of aromatic nitrogens is 1. The van der Waals surface area contributed by atoms with Gasteiger partial charge in [0.25, 0.3) is 0 Å². The van der Waals surface area contributed by atoms with E-state index in [1.54, 1.807) is 0 Å². The van der Waals surface area contributed by atoms with Crippen molar-refractivity contribution in [2.24, 2.45) is 5.41 Å². The van der Waals surface area contributed by atoms with Crippen molar-refractivity contribution in [1.29, 1.82) is 5.26 Å². The molecule has 0 spiro atoms. The minimum Gasteiger partial charge on any atom is -0.478 e. The number of rotatable bonds is 5. The molecule has 1 fully saturated rings. The van der Waals surface area contributed by atoms with Crippen LogP contribution in [0, 0.1) is 16.7 Å². The molecule has 0 atom stereocenters. The van der Waals surface area contributed by atoms with E-state index in [4.69, 9.17) is 16.3 Å². The highest BCUT2D eigenvalue weighted by Crippen LogP contribution is 2.36. The lowest BCUT2D eigenvalue weighted by atomic mass is 9.77. The molecule has 7 nitrogen and oxygen atoms in total. The van der Waals surface area contributed by atoms with Crippen LogP contribution in [0.5, 0.6) is 0 Å². The Hall–Kier alpha value is -2.17. The van der Waals surface area contributed by atoms with Crippen molar-refractivity contribution >= 4 is 29.1 Å². The molecule has 1 aromatic rings. The molecule has 2 aliphatic heterocycles. The standard InChI is InChI=1S/C17H17ClN2O5/c18-13-12(16(23)24)10-2-1-5-20(10)14(13)15(22)11(21)8-17(9-19)3-6-25-7-4-17/h1-8H2,(H,23,24). The van der Waals surface area contributed by atoms with Gasteiger partial charge in [0, 0.05) is 31.9 Å². The van der Waals surface area contributed by atoms with Crippen LogP contribution in [0.15, 0.2) is 0 Å². The fourth-order valence-electron chi connectivity index (χ4n) is 3.59. The van der Waals surface area contributed by atoms with Crippen LogP contribution >= 0.6 is 11.6 Å². The largest absolute Gasteiger partial charge is 0.478 e. The summed E-state index contributed by atoms with van der Waals surface area (Å²) < 4.78 is 6.76. The average Bonchev–Trinajstić information content (AvgIpc) is 3.14. The summed E-state index contributed by atoms with van der Waals surface area (Å²) in [6.07, 6.45) is 1.78. The van der Waals surface area contributed by atoms with Crippen molar-refractivity contribution < 1.29 is 24.2 Å². The number of ether oxygens (including phenoxy) is 1. The third kappa shape index (κ3) is 2.96. The van der Waals surface area contributed by atoms with Crippen LogP contribution in [0.1, 0.15) is 52.2 Å². The van der Waals surface area contributed by atoms with Crippen molar-refractivity contribution in [2.45, 2.75) is 38.6 Å². The van der Waals surface area contributed by atoms with Gasteiger partial charge in [-0.05, 0) is 25.7 Å². The molecule has 0 radical (unpaired) electrons. The lowest BCUT2D eigenvalue weighted by Gasteiger charge is -2.29. The number of carboxylic acid groups (broad SMARTS) is 1. The van der Waals surface area contributed by atoms with Crippen LogP contribution in [0.25, 0.3) is 0 Å². The highest BCUT2D eigenvalue weighted by molar-refractivity contribution is 6.48. The predicted octanol–water partition coefficient (Wildman–Crippen LogP) is 2.25. The molecule has 0 amide bonds. The van der Waals surface area contributed by atoms with Gasteiger partial charge in [0.1, 0.15) is 5.69 Å². The molecule has 0 aliphatic carbocycles. The van der Waals surface area contributed by atoms with Gasteiger partial charge in [-0.1, -0.05) is 11.6 Å². The van der Waals surface area contributed by atoms with E-state index in [0.717, 1.165) is 0 Å². The van der Waals surface area contributed by atoms with E-state index in [1.807, 2.05) is 0 Å². The number of hydrogen-bond donors (Lipinski definition) is 1. The van der Waals surface area contributed by atoms with Crippen LogP contribution in [-0.4, -0.2) is 40.4 Å². The van der Waals surface area contributed by atoms with Gasteiger partial charge in [-0.15, -0.1) is 0 Å². The Kier molecular flexibility index (Phi) is 4.67. The monoisotopic (exact) mass is 364 g/mol. The first-order chi connectivity index (χ1) is 11.9. The fourth-order valence-corrected chi connectivity index (χ4v) is 3.97. The molecule has 0 saturated carbocycles. The van der Waals surface area contributed by atoms with Gasteiger partial charge in [-0.3, -0.25) is 9.59 Å². The van der Waals surface area contributed by atoms with Crippen molar-refractivity contribution in [2.75, 3.05) is 13.2 Å². The predicted molar refractivity (Wildman–Crippen MR) is 86.8 cm³/mol. The zero-order valence-electron chi connectivity index (χ0n) is 13.5. The molecule has 0 bridgehead atoms. The summed E-state index contributed by atoms with van der Waals surface area (Å²) in [5, 5.41) is 18.6. The number of aromatic carboxylic acids is 1. The maximum Gasteiger partial charge on any atom is 0.339 e. The first-order valence-electron chi connectivity index (χ1n) is 8.11. The van der Waals surface area contributed by atoms with Gasteiger partial charge < -0.3 is 14.4 Å².